The minimum absolute atomic E-state index is 0.0735. The van der Waals surface area contributed by atoms with Crippen LogP contribution in [0.1, 0.15) is 36.0 Å². The van der Waals surface area contributed by atoms with Crippen LogP contribution in [0.3, 0.4) is 0 Å². The van der Waals surface area contributed by atoms with Crippen molar-refractivity contribution in [2.75, 3.05) is 39.3 Å². The molecule has 6 heteroatoms. The van der Waals surface area contributed by atoms with Gasteiger partial charge in [-0.15, -0.1) is 0 Å². The normalized spacial score (nSPS) is 10.8. The molecule has 2 rings (SSSR count). The molecule has 28 heavy (non-hydrogen) atoms. The lowest BCUT2D eigenvalue weighted by atomic mass is 10.1. The average Bonchev–Trinajstić information content (AvgIpc) is 2.75. The first-order valence-corrected chi connectivity index (χ1v) is 10.2. The maximum Gasteiger partial charge on any atom is 0.252 e. The highest BCUT2D eigenvalue weighted by molar-refractivity contribution is 5.94. The monoisotopic (exact) mass is 383 g/mol. The predicted molar refractivity (Wildman–Crippen MR) is 115 cm³/mol. The van der Waals surface area contributed by atoms with Crippen molar-refractivity contribution in [3.8, 4) is 11.3 Å². The van der Waals surface area contributed by atoms with E-state index in [1.54, 1.807) is 6.20 Å². The maximum atomic E-state index is 12.2. The molecule has 0 unspecified atom stereocenters. The molecule has 6 nitrogen and oxygen atoms in total. The summed E-state index contributed by atoms with van der Waals surface area (Å²) in [5, 5.41) is 9.74. The van der Waals surface area contributed by atoms with Crippen molar-refractivity contribution in [1.29, 1.82) is 0 Å². The average molecular weight is 384 g/mol. The summed E-state index contributed by atoms with van der Waals surface area (Å²) in [6, 6.07) is 13.7. The molecule has 0 fully saturated rings. The fourth-order valence-electron chi connectivity index (χ4n) is 2.80. The Bertz CT molecular complexity index is 660. The quantitative estimate of drug-likeness (QED) is 0.375. The van der Waals surface area contributed by atoms with E-state index >= 15 is 0 Å². The maximum absolute atomic E-state index is 12.2. The number of hydrogen-bond donors (Lipinski definition) is 4. The molecule has 0 radical (unpaired) electrons. The van der Waals surface area contributed by atoms with Gasteiger partial charge < -0.3 is 21.7 Å². The Morgan fingerprint density at radius 2 is 1.50 bits per heavy atom. The number of aromatic nitrogens is 1. The molecule has 5 N–H and O–H groups in total. The van der Waals surface area contributed by atoms with Crippen LogP contribution in [-0.4, -0.2) is 50.2 Å². The molecule has 0 aliphatic carbocycles. The van der Waals surface area contributed by atoms with Gasteiger partial charge in [0.2, 0.25) is 0 Å². The van der Waals surface area contributed by atoms with Crippen LogP contribution in [0.25, 0.3) is 11.3 Å². The van der Waals surface area contributed by atoms with Gasteiger partial charge in [-0.05, 0) is 70.5 Å². The molecule has 0 spiro atoms. The summed E-state index contributed by atoms with van der Waals surface area (Å²) in [6.07, 6.45) is 5.91. The Balaban J connectivity index is 1.52. The molecular weight excluding hydrogens is 350 g/mol. The van der Waals surface area contributed by atoms with Crippen LogP contribution in [0.2, 0.25) is 0 Å². The van der Waals surface area contributed by atoms with Crippen LogP contribution >= 0.6 is 0 Å². The number of hydrogen-bond acceptors (Lipinski definition) is 5. The highest BCUT2D eigenvalue weighted by Gasteiger charge is 2.06. The van der Waals surface area contributed by atoms with Crippen molar-refractivity contribution in [2.45, 2.75) is 25.7 Å². The van der Waals surface area contributed by atoms with Gasteiger partial charge in [0.15, 0.2) is 0 Å². The molecule has 1 aromatic heterocycles. The molecule has 0 atom stereocenters. The first kappa shape index (κ1) is 22.0. The summed E-state index contributed by atoms with van der Waals surface area (Å²) in [5.41, 5.74) is 7.96. The molecule has 1 heterocycles. The van der Waals surface area contributed by atoms with Gasteiger partial charge in [-0.25, -0.2) is 0 Å². The molecule has 0 bridgehead atoms. The van der Waals surface area contributed by atoms with E-state index in [9.17, 15) is 4.79 Å². The summed E-state index contributed by atoms with van der Waals surface area (Å²) in [7, 11) is 0. The zero-order chi connectivity index (χ0) is 19.9. The number of nitrogens with two attached hydrogens (primary N) is 1. The first-order chi connectivity index (χ1) is 13.8. The SMILES string of the molecule is NCCCNCCCCNCCCNC(=O)c1ccc(-c2ccccc2)nc1. The number of rotatable bonds is 14. The summed E-state index contributed by atoms with van der Waals surface area (Å²) in [5.74, 6) is -0.0735. The Morgan fingerprint density at radius 1 is 0.821 bits per heavy atom. The molecule has 2 aromatic rings. The summed E-state index contributed by atoms with van der Waals surface area (Å²) >= 11 is 0. The summed E-state index contributed by atoms with van der Waals surface area (Å²) in [4.78, 5) is 16.6. The van der Waals surface area contributed by atoms with Crippen molar-refractivity contribution in [3.63, 3.8) is 0 Å². The molecule has 0 aliphatic heterocycles. The molecule has 0 saturated heterocycles. The van der Waals surface area contributed by atoms with Crippen molar-refractivity contribution in [3.05, 3.63) is 54.2 Å². The van der Waals surface area contributed by atoms with Gasteiger partial charge in [-0.2, -0.15) is 0 Å². The van der Waals surface area contributed by atoms with E-state index in [2.05, 4.69) is 20.9 Å². The van der Waals surface area contributed by atoms with E-state index < -0.39 is 0 Å². The van der Waals surface area contributed by atoms with E-state index in [4.69, 9.17) is 5.73 Å². The standard InChI is InChI=1S/C22H33N5O/c23-12-6-15-24-13-4-5-14-25-16-7-17-26-22(28)20-10-11-21(27-18-20)19-8-2-1-3-9-19/h1-3,8-11,18,24-25H,4-7,12-17,23H2,(H,26,28). The molecule has 1 aromatic carbocycles. The number of pyridine rings is 1. The molecule has 1 amide bonds. The second kappa shape index (κ2) is 13.8. The van der Waals surface area contributed by atoms with Gasteiger partial charge in [0.05, 0.1) is 11.3 Å². The van der Waals surface area contributed by atoms with Gasteiger partial charge in [-0.1, -0.05) is 30.3 Å². The van der Waals surface area contributed by atoms with Crippen molar-refractivity contribution >= 4 is 5.91 Å². The van der Waals surface area contributed by atoms with Crippen molar-refractivity contribution in [1.82, 2.24) is 20.9 Å². The topological polar surface area (TPSA) is 92.1 Å². The van der Waals surface area contributed by atoms with Gasteiger partial charge in [0.25, 0.3) is 5.91 Å². The smallest absolute Gasteiger partial charge is 0.252 e. The lowest BCUT2D eigenvalue weighted by molar-refractivity contribution is 0.0953. The third-order valence-electron chi connectivity index (χ3n) is 4.43. The zero-order valence-electron chi connectivity index (χ0n) is 16.6. The second-order valence-electron chi connectivity index (χ2n) is 6.76. The van der Waals surface area contributed by atoms with E-state index in [0.717, 1.165) is 63.2 Å². The third kappa shape index (κ3) is 8.61. The number of carbonyl (C=O) groups excluding carboxylic acids is 1. The highest BCUT2D eigenvalue weighted by Crippen LogP contribution is 2.16. The zero-order valence-corrected chi connectivity index (χ0v) is 16.6. The Labute approximate surface area is 168 Å². The molecule has 0 saturated carbocycles. The largest absolute Gasteiger partial charge is 0.352 e. The Hall–Kier alpha value is -2.28. The van der Waals surface area contributed by atoms with Crippen molar-refractivity contribution in [2.24, 2.45) is 5.73 Å². The number of amides is 1. The summed E-state index contributed by atoms with van der Waals surface area (Å²) in [6.45, 7) is 5.39. The summed E-state index contributed by atoms with van der Waals surface area (Å²) < 4.78 is 0. The minimum Gasteiger partial charge on any atom is -0.352 e. The van der Waals surface area contributed by atoms with Gasteiger partial charge in [-0.3, -0.25) is 9.78 Å². The molecular formula is C22H33N5O. The van der Waals surface area contributed by atoms with Crippen LogP contribution in [-0.2, 0) is 0 Å². The van der Waals surface area contributed by atoms with Gasteiger partial charge in [0, 0.05) is 18.3 Å². The predicted octanol–water partition coefficient (Wildman–Crippen LogP) is 2.18. The number of nitrogens with zero attached hydrogens (tertiary/aromatic N) is 1. The first-order valence-electron chi connectivity index (χ1n) is 10.2. The van der Waals surface area contributed by atoms with Crippen molar-refractivity contribution < 1.29 is 4.79 Å². The van der Waals surface area contributed by atoms with E-state index in [1.165, 1.54) is 6.42 Å². The van der Waals surface area contributed by atoms with E-state index in [0.29, 0.717) is 12.1 Å². The number of carbonyl (C=O) groups is 1. The number of nitrogens with one attached hydrogen (secondary N) is 3. The lowest BCUT2D eigenvalue weighted by Gasteiger charge is -2.08. The Kier molecular flexibility index (Phi) is 10.9. The molecule has 0 aliphatic rings. The fraction of sp³-hybridized carbons (Fsp3) is 0.455. The minimum atomic E-state index is -0.0735. The van der Waals surface area contributed by atoms with Crippen LogP contribution < -0.4 is 21.7 Å². The fourth-order valence-corrected chi connectivity index (χ4v) is 2.80. The van der Waals surface area contributed by atoms with Crippen LogP contribution in [0.4, 0.5) is 0 Å². The second-order valence-corrected chi connectivity index (χ2v) is 6.76. The Morgan fingerprint density at radius 3 is 2.14 bits per heavy atom. The number of unbranched alkanes of at least 4 members (excludes halogenated alkanes) is 1. The van der Waals surface area contributed by atoms with Crippen LogP contribution in [0, 0.1) is 0 Å². The van der Waals surface area contributed by atoms with E-state index in [1.807, 2.05) is 42.5 Å². The lowest BCUT2D eigenvalue weighted by Crippen LogP contribution is -2.28. The van der Waals surface area contributed by atoms with Gasteiger partial charge >= 0.3 is 0 Å². The van der Waals surface area contributed by atoms with Crippen LogP contribution in [0.5, 0.6) is 0 Å². The molecule has 152 valence electrons. The third-order valence-corrected chi connectivity index (χ3v) is 4.43. The van der Waals surface area contributed by atoms with Gasteiger partial charge in [0.1, 0.15) is 0 Å². The van der Waals surface area contributed by atoms with Crippen LogP contribution in [0.15, 0.2) is 48.7 Å². The number of benzene rings is 1. The van der Waals surface area contributed by atoms with E-state index in [-0.39, 0.29) is 5.91 Å². The highest BCUT2D eigenvalue weighted by atomic mass is 16.1.